The summed E-state index contributed by atoms with van der Waals surface area (Å²) < 4.78 is 19.2. The van der Waals surface area contributed by atoms with Crippen LogP contribution in [0.3, 0.4) is 0 Å². The van der Waals surface area contributed by atoms with Crippen LogP contribution in [0.1, 0.15) is 37.7 Å². The average molecular weight is 250 g/mol. The van der Waals surface area contributed by atoms with E-state index in [-0.39, 0.29) is 18.5 Å². The number of aliphatic hydroxyl groups is 1. The first-order valence-corrected chi connectivity index (χ1v) is 6.80. The van der Waals surface area contributed by atoms with Gasteiger partial charge in [0, 0.05) is 5.56 Å². The van der Waals surface area contributed by atoms with Crippen molar-refractivity contribution in [3.8, 4) is 5.75 Å². The summed E-state index contributed by atoms with van der Waals surface area (Å²) in [7, 11) is 0. The molecule has 0 aromatic heterocycles. The zero-order valence-corrected chi connectivity index (χ0v) is 10.4. The standard InChI is InChI=1S/C15H19FO2/c16-15-4-3-13(8-12(15)9-17)18-14-6-10-1-2-11(5-10)7-14/h3-4,8,10-11,14,17H,1-2,5-7,9H2/t10-,11+,14?. The largest absolute Gasteiger partial charge is 0.490 e. The van der Waals surface area contributed by atoms with E-state index in [0.29, 0.717) is 11.3 Å². The molecule has 2 saturated carbocycles. The zero-order valence-electron chi connectivity index (χ0n) is 10.4. The average Bonchev–Trinajstić information content (AvgIpc) is 2.71. The first-order chi connectivity index (χ1) is 8.74. The minimum Gasteiger partial charge on any atom is -0.490 e. The van der Waals surface area contributed by atoms with Gasteiger partial charge in [-0.3, -0.25) is 0 Å². The molecule has 0 aliphatic heterocycles. The van der Waals surface area contributed by atoms with Crippen molar-refractivity contribution in [2.75, 3.05) is 0 Å². The van der Waals surface area contributed by atoms with Gasteiger partial charge in [-0.2, -0.15) is 0 Å². The summed E-state index contributed by atoms with van der Waals surface area (Å²) in [5, 5.41) is 9.05. The molecule has 0 radical (unpaired) electrons. The summed E-state index contributed by atoms with van der Waals surface area (Å²) in [5.41, 5.74) is 0.311. The third-order valence-corrected chi connectivity index (χ3v) is 4.33. The lowest BCUT2D eigenvalue weighted by molar-refractivity contribution is 0.118. The van der Waals surface area contributed by atoms with Crippen molar-refractivity contribution >= 4 is 0 Å². The van der Waals surface area contributed by atoms with Crippen LogP contribution in [-0.2, 0) is 6.61 Å². The van der Waals surface area contributed by atoms with Crippen molar-refractivity contribution in [2.45, 2.75) is 44.8 Å². The van der Waals surface area contributed by atoms with Crippen molar-refractivity contribution in [2.24, 2.45) is 11.8 Å². The molecule has 2 nitrogen and oxygen atoms in total. The second kappa shape index (κ2) is 4.88. The van der Waals surface area contributed by atoms with Crippen LogP contribution in [0, 0.1) is 17.7 Å². The first kappa shape index (κ1) is 12.0. The summed E-state index contributed by atoms with van der Waals surface area (Å²) >= 11 is 0. The van der Waals surface area contributed by atoms with Crippen LogP contribution in [-0.4, -0.2) is 11.2 Å². The molecule has 1 aromatic rings. The van der Waals surface area contributed by atoms with Gasteiger partial charge in [0.15, 0.2) is 0 Å². The zero-order chi connectivity index (χ0) is 12.5. The fourth-order valence-corrected chi connectivity index (χ4v) is 3.48. The highest BCUT2D eigenvalue weighted by atomic mass is 19.1. The van der Waals surface area contributed by atoms with Gasteiger partial charge in [0.1, 0.15) is 11.6 Å². The number of fused-ring (bicyclic) bond motifs is 2. The topological polar surface area (TPSA) is 29.5 Å². The molecule has 1 N–H and O–H groups in total. The predicted molar refractivity (Wildman–Crippen MR) is 66.8 cm³/mol. The van der Waals surface area contributed by atoms with Gasteiger partial charge in [-0.1, -0.05) is 12.8 Å². The van der Waals surface area contributed by atoms with Gasteiger partial charge in [-0.25, -0.2) is 4.39 Å². The summed E-state index contributed by atoms with van der Waals surface area (Å²) in [6.45, 7) is -0.279. The van der Waals surface area contributed by atoms with Gasteiger partial charge in [0.05, 0.1) is 12.7 Å². The van der Waals surface area contributed by atoms with Crippen molar-refractivity contribution in [1.82, 2.24) is 0 Å². The van der Waals surface area contributed by atoms with Gasteiger partial charge in [0.2, 0.25) is 0 Å². The number of aliphatic hydroxyl groups excluding tert-OH is 1. The quantitative estimate of drug-likeness (QED) is 0.892. The van der Waals surface area contributed by atoms with Gasteiger partial charge < -0.3 is 9.84 Å². The van der Waals surface area contributed by atoms with E-state index in [1.165, 1.54) is 25.3 Å². The monoisotopic (exact) mass is 250 g/mol. The summed E-state index contributed by atoms with van der Waals surface area (Å²) in [5.74, 6) is 1.97. The van der Waals surface area contributed by atoms with Crippen LogP contribution in [0.2, 0.25) is 0 Å². The Kier molecular flexibility index (Phi) is 3.25. The van der Waals surface area contributed by atoms with E-state index in [4.69, 9.17) is 9.84 Å². The fraction of sp³-hybridized carbons (Fsp3) is 0.600. The summed E-state index contributed by atoms with van der Waals surface area (Å²) in [4.78, 5) is 0. The first-order valence-electron chi connectivity index (χ1n) is 6.80. The molecule has 0 amide bonds. The Morgan fingerprint density at radius 2 is 1.89 bits per heavy atom. The molecule has 3 heteroatoms. The number of halogens is 1. The predicted octanol–water partition coefficient (Wildman–Crippen LogP) is 3.28. The van der Waals surface area contributed by atoms with Crippen molar-refractivity contribution in [1.29, 1.82) is 0 Å². The van der Waals surface area contributed by atoms with E-state index in [2.05, 4.69) is 0 Å². The van der Waals surface area contributed by atoms with E-state index in [1.54, 1.807) is 12.1 Å². The third kappa shape index (κ3) is 2.37. The molecule has 1 unspecified atom stereocenters. The van der Waals surface area contributed by atoms with E-state index < -0.39 is 0 Å². The second-order valence-corrected chi connectivity index (χ2v) is 5.67. The number of hydrogen-bond acceptors (Lipinski definition) is 2. The molecule has 0 heterocycles. The molecule has 1 aromatic carbocycles. The number of benzene rings is 1. The Labute approximate surface area is 107 Å². The second-order valence-electron chi connectivity index (χ2n) is 5.67. The van der Waals surface area contributed by atoms with E-state index in [0.717, 1.165) is 24.7 Å². The Bertz CT molecular complexity index is 421. The smallest absolute Gasteiger partial charge is 0.128 e. The van der Waals surface area contributed by atoms with Crippen LogP contribution in [0.25, 0.3) is 0 Å². The Morgan fingerprint density at radius 1 is 1.17 bits per heavy atom. The molecule has 2 fully saturated rings. The lowest BCUT2D eigenvalue weighted by atomic mass is 9.87. The molecule has 2 aliphatic carbocycles. The molecular weight excluding hydrogens is 231 g/mol. The highest BCUT2D eigenvalue weighted by Gasteiger charge is 2.35. The molecule has 98 valence electrons. The highest BCUT2D eigenvalue weighted by molar-refractivity contribution is 5.29. The van der Waals surface area contributed by atoms with Gasteiger partial charge in [-0.15, -0.1) is 0 Å². The minimum atomic E-state index is -0.367. The van der Waals surface area contributed by atoms with Crippen molar-refractivity contribution < 1.29 is 14.2 Å². The van der Waals surface area contributed by atoms with Crippen LogP contribution >= 0.6 is 0 Å². The summed E-state index contributed by atoms with van der Waals surface area (Å²) in [6.07, 6.45) is 6.58. The van der Waals surface area contributed by atoms with Gasteiger partial charge in [-0.05, 0) is 49.3 Å². The summed E-state index contributed by atoms with van der Waals surface area (Å²) in [6, 6.07) is 4.65. The van der Waals surface area contributed by atoms with Crippen molar-refractivity contribution in [3.05, 3.63) is 29.6 Å². The maximum absolute atomic E-state index is 13.3. The van der Waals surface area contributed by atoms with Gasteiger partial charge in [0.25, 0.3) is 0 Å². The highest BCUT2D eigenvalue weighted by Crippen LogP contribution is 2.43. The number of hydrogen-bond donors (Lipinski definition) is 1. The number of ether oxygens (including phenoxy) is 1. The fourth-order valence-electron chi connectivity index (χ4n) is 3.48. The number of rotatable bonds is 3. The SMILES string of the molecule is OCc1cc(OC2C[C@H]3CC[C@@H](C2)C3)ccc1F. The molecular formula is C15H19FO2. The van der Waals surface area contributed by atoms with Crippen LogP contribution in [0.15, 0.2) is 18.2 Å². The maximum Gasteiger partial charge on any atom is 0.128 e. The molecule has 2 aliphatic rings. The normalized spacial score (nSPS) is 30.4. The molecule has 2 bridgehead atoms. The Hall–Kier alpha value is -1.09. The van der Waals surface area contributed by atoms with Crippen LogP contribution in [0.4, 0.5) is 4.39 Å². The molecule has 0 saturated heterocycles. The molecule has 3 rings (SSSR count). The van der Waals surface area contributed by atoms with E-state index >= 15 is 0 Å². The third-order valence-electron chi connectivity index (χ3n) is 4.33. The minimum absolute atomic E-state index is 0.272. The molecule has 0 spiro atoms. The van der Waals surface area contributed by atoms with Gasteiger partial charge >= 0.3 is 0 Å². The maximum atomic E-state index is 13.3. The Balaban J connectivity index is 1.69. The van der Waals surface area contributed by atoms with E-state index in [9.17, 15) is 4.39 Å². The van der Waals surface area contributed by atoms with E-state index in [1.807, 2.05) is 0 Å². The molecule has 18 heavy (non-hydrogen) atoms. The lowest BCUT2D eigenvalue weighted by Crippen LogP contribution is -2.26. The Morgan fingerprint density at radius 3 is 2.56 bits per heavy atom. The molecule has 3 atom stereocenters. The van der Waals surface area contributed by atoms with Crippen molar-refractivity contribution in [3.63, 3.8) is 0 Å². The lowest BCUT2D eigenvalue weighted by Gasteiger charge is -2.28. The van der Waals surface area contributed by atoms with Crippen LogP contribution in [0.5, 0.6) is 5.75 Å². The van der Waals surface area contributed by atoms with Crippen LogP contribution < -0.4 is 4.74 Å².